The molecule has 2 aromatic carbocycles. The lowest BCUT2D eigenvalue weighted by Crippen LogP contribution is -2.37. The second-order valence-electron chi connectivity index (χ2n) is 6.41. The maximum atomic E-state index is 13.8. The Hall–Kier alpha value is -2.25. The molecule has 7 heteroatoms. The van der Waals surface area contributed by atoms with E-state index in [4.69, 9.17) is 0 Å². The highest BCUT2D eigenvalue weighted by Gasteiger charge is 2.22. The first-order chi connectivity index (χ1) is 12.2. The largest absolute Gasteiger partial charge is 0.325 e. The number of nitrogens with one attached hydrogen (secondary N) is 1. The average Bonchev–Trinajstić information content (AvgIpc) is 2.55. The van der Waals surface area contributed by atoms with Crippen LogP contribution in [-0.4, -0.2) is 31.4 Å². The minimum atomic E-state index is -3.69. The SMILES string of the molecule is CC(C)c1ccccc1NC(=O)CN(Cc1ccccc1F)S(C)(=O)=O. The number of benzene rings is 2. The molecule has 0 aliphatic carbocycles. The van der Waals surface area contributed by atoms with Crippen molar-refractivity contribution in [3.8, 4) is 0 Å². The van der Waals surface area contributed by atoms with Crippen molar-refractivity contribution in [3.05, 3.63) is 65.5 Å². The third-order valence-corrected chi connectivity index (χ3v) is 5.15. The van der Waals surface area contributed by atoms with Crippen LogP contribution in [0.3, 0.4) is 0 Å². The molecule has 0 spiro atoms. The van der Waals surface area contributed by atoms with Crippen LogP contribution in [0.1, 0.15) is 30.9 Å². The van der Waals surface area contributed by atoms with Gasteiger partial charge < -0.3 is 5.32 Å². The first-order valence-electron chi connectivity index (χ1n) is 8.25. The number of carbonyl (C=O) groups excluding carboxylic acids is 1. The lowest BCUT2D eigenvalue weighted by molar-refractivity contribution is -0.116. The Morgan fingerprint density at radius 3 is 2.35 bits per heavy atom. The van der Waals surface area contributed by atoms with Crippen LogP contribution in [0.4, 0.5) is 10.1 Å². The Labute approximate surface area is 153 Å². The van der Waals surface area contributed by atoms with E-state index in [9.17, 15) is 17.6 Å². The van der Waals surface area contributed by atoms with E-state index >= 15 is 0 Å². The number of halogens is 1. The number of hydrogen-bond donors (Lipinski definition) is 1. The summed E-state index contributed by atoms with van der Waals surface area (Å²) in [7, 11) is -3.69. The van der Waals surface area contributed by atoms with E-state index in [0.717, 1.165) is 16.1 Å². The molecule has 0 fully saturated rings. The van der Waals surface area contributed by atoms with Gasteiger partial charge in [0.05, 0.1) is 12.8 Å². The van der Waals surface area contributed by atoms with Crippen LogP contribution >= 0.6 is 0 Å². The van der Waals surface area contributed by atoms with Crippen molar-refractivity contribution in [2.75, 3.05) is 18.1 Å². The van der Waals surface area contributed by atoms with Crippen molar-refractivity contribution in [2.45, 2.75) is 26.3 Å². The molecule has 2 rings (SSSR count). The quantitative estimate of drug-likeness (QED) is 0.803. The molecule has 26 heavy (non-hydrogen) atoms. The van der Waals surface area contributed by atoms with Crippen molar-refractivity contribution < 1.29 is 17.6 Å². The van der Waals surface area contributed by atoms with Gasteiger partial charge in [-0.15, -0.1) is 0 Å². The van der Waals surface area contributed by atoms with E-state index < -0.39 is 21.7 Å². The van der Waals surface area contributed by atoms with Gasteiger partial charge in [0, 0.05) is 17.8 Å². The monoisotopic (exact) mass is 378 g/mol. The van der Waals surface area contributed by atoms with Gasteiger partial charge in [-0.2, -0.15) is 4.31 Å². The number of carbonyl (C=O) groups is 1. The van der Waals surface area contributed by atoms with Crippen LogP contribution in [0.25, 0.3) is 0 Å². The molecule has 0 atom stereocenters. The van der Waals surface area contributed by atoms with E-state index in [2.05, 4.69) is 5.32 Å². The lowest BCUT2D eigenvalue weighted by Gasteiger charge is -2.21. The molecule has 0 saturated carbocycles. The molecule has 0 aromatic heterocycles. The van der Waals surface area contributed by atoms with E-state index in [-0.39, 0.29) is 24.6 Å². The average molecular weight is 378 g/mol. The number of hydrogen-bond acceptors (Lipinski definition) is 3. The fourth-order valence-electron chi connectivity index (χ4n) is 2.57. The highest BCUT2D eigenvalue weighted by molar-refractivity contribution is 7.88. The molecular formula is C19H23FN2O3S. The lowest BCUT2D eigenvalue weighted by atomic mass is 10.0. The second-order valence-corrected chi connectivity index (χ2v) is 8.40. The Kier molecular flexibility index (Phi) is 6.50. The van der Waals surface area contributed by atoms with E-state index in [0.29, 0.717) is 5.69 Å². The maximum absolute atomic E-state index is 13.8. The topological polar surface area (TPSA) is 66.5 Å². The molecule has 1 N–H and O–H groups in total. The summed E-state index contributed by atoms with van der Waals surface area (Å²) in [6.45, 7) is 3.42. The van der Waals surface area contributed by atoms with Gasteiger partial charge >= 0.3 is 0 Å². The van der Waals surface area contributed by atoms with Gasteiger partial charge in [-0.1, -0.05) is 50.2 Å². The number of rotatable bonds is 7. The van der Waals surface area contributed by atoms with Crippen molar-refractivity contribution >= 4 is 21.6 Å². The Morgan fingerprint density at radius 2 is 1.73 bits per heavy atom. The Bertz CT molecular complexity index is 882. The summed E-state index contributed by atoms with van der Waals surface area (Å²) in [5.74, 6) is -0.775. The smallest absolute Gasteiger partial charge is 0.239 e. The van der Waals surface area contributed by atoms with Crippen LogP contribution in [0.5, 0.6) is 0 Å². The molecule has 1 amide bonds. The normalized spacial score (nSPS) is 11.8. The molecule has 140 valence electrons. The van der Waals surface area contributed by atoms with Crippen LogP contribution < -0.4 is 5.32 Å². The highest BCUT2D eigenvalue weighted by Crippen LogP contribution is 2.23. The fourth-order valence-corrected chi connectivity index (χ4v) is 3.30. The van der Waals surface area contributed by atoms with Crippen LogP contribution in [0, 0.1) is 5.82 Å². The van der Waals surface area contributed by atoms with Crippen LogP contribution in [-0.2, 0) is 21.4 Å². The van der Waals surface area contributed by atoms with Gasteiger partial charge in [0.25, 0.3) is 0 Å². The van der Waals surface area contributed by atoms with Gasteiger partial charge in [0.1, 0.15) is 5.82 Å². The zero-order valence-corrected chi connectivity index (χ0v) is 15.9. The first kappa shape index (κ1) is 20.1. The summed E-state index contributed by atoms with van der Waals surface area (Å²) < 4.78 is 38.9. The van der Waals surface area contributed by atoms with Crippen LogP contribution in [0.2, 0.25) is 0 Å². The number of anilines is 1. The minimum absolute atomic E-state index is 0.204. The molecule has 5 nitrogen and oxygen atoms in total. The Morgan fingerprint density at radius 1 is 1.12 bits per heavy atom. The van der Waals surface area contributed by atoms with Gasteiger partial charge in [0.15, 0.2) is 0 Å². The number of amides is 1. The molecule has 0 bridgehead atoms. The minimum Gasteiger partial charge on any atom is -0.325 e. The number of sulfonamides is 1. The molecule has 0 unspecified atom stereocenters. The predicted octanol–water partition coefficient (Wildman–Crippen LogP) is 3.35. The van der Waals surface area contributed by atoms with Gasteiger partial charge in [-0.3, -0.25) is 4.79 Å². The van der Waals surface area contributed by atoms with E-state index in [1.54, 1.807) is 18.2 Å². The molecule has 0 aliphatic rings. The summed E-state index contributed by atoms with van der Waals surface area (Å²) in [6, 6.07) is 13.3. The first-order valence-corrected chi connectivity index (χ1v) is 10.1. The van der Waals surface area contributed by atoms with Crippen molar-refractivity contribution in [2.24, 2.45) is 0 Å². The molecule has 0 saturated heterocycles. The second kappa shape index (κ2) is 8.42. The van der Waals surface area contributed by atoms with Crippen molar-refractivity contribution in [3.63, 3.8) is 0 Å². The molecular weight excluding hydrogens is 355 g/mol. The number of nitrogens with zero attached hydrogens (tertiary/aromatic N) is 1. The van der Waals surface area contributed by atoms with Gasteiger partial charge in [-0.25, -0.2) is 12.8 Å². The van der Waals surface area contributed by atoms with Crippen molar-refractivity contribution in [1.29, 1.82) is 0 Å². The fraction of sp³-hybridized carbons (Fsp3) is 0.316. The number of para-hydroxylation sites is 1. The van der Waals surface area contributed by atoms with Gasteiger partial charge in [-0.05, 0) is 23.6 Å². The summed E-state index contributed by atoms with van der Waals surface area (Å²) >= 11 is 0. The molecule has 0 heterocycles. The maximum Gasteiger partial charge on any atom is 0.239 e. The molecule has 0 radical (unpaired) electrons. The third-order valence-electron chi connectivity index (χ3n) is 3.95. The highest BCUT2D eigenvalue weighted by atomic mass is 32.2. The molecule has 2 aromatic rings. The molecule has 0 aliphatic heterocycles. The summed E-state index contributed by atoms with van der Waals surface area (Å²) in [5, 5.41) is 2.76. The van der Waals surface area contributed by atoms with E-state index in [1.807, 2.05) is 26.0 Å². The van der Waals surface area contributed by atoms with Crippen LogP contribution in [0.15, 0.2) is 48.5 Å². The summed E-state index contributed by atoms with van der Waals surface area (Å²) in [6.07, 6.45) is 1.00. The standard InChI is InChI=1S/C19H23FN2O3S/c1-14(2)16-9-5-7-11-18(16)21-19(23)13-22(26(3,24)25)12-15-8-4-6-10-17(15)20/h4-11,14H,12-13H2,1-3H3,(H,21,23). The van der Waals surface area contributed by atoms with Gasteiger partial charge in [0.2, 0.25) is 15.9 Å². The zero-order valence-electron chi connectivity index (χ0n) is 15.1. The Balaban J connectivity index is 2.17. The van der Waals surface area contributed by atoms with E-state index in [1.165, 1.54) is 18.2 Å². The summed E-state index contributed by atoms with van der Waals surface area (Å²) in [5.41, 5.74) is 1.82. The zero-order chi connectivity index (χ0) is 19.3. The summed E-state index contributed by atoms with van der Waals surface area (Å²) in [4.78, 5) is 12.4. The predicted molar refractivity (Wildman–Crippen MR) is 101 cm³/mol. The third kappa shape index (κ3) is 5.37. The van der Waals surface area contributed by atoms with Crippen molar-refractivity contribution in [1.82, 2.24) is 4.31 Å².